The molecule has 1 N–H and O–H groups in total. The fourth-order valence-corrected chi connectivity index (χ4v) is 3.92. The first kappa shape index (κ1) is 15.3. The van der Waals surface area contributed by atoms with E-state index in [1.807, 2.05) is 0 Å². The fourth-order valence-electron chi connectivity index (χ4n) is 3.92. The summed E-state index contributed by atoms with van der Waals surface area (Å²) in [6, 6.07) is 0.748. The van der Waals surface area contributed by atoms with Gasteiger partial charge in [0, 0.05) is 25.7 Å². The van der Waals surface area contributed by atoms with Crippen molar-refractivity contribution in [3.05, 3.63) is 0 Å². The van der Waals surface area contributed by atoms with Gasteiger partial charge in [-0.15, -0.1) is 0 Å². The molecule has 1 aliphatic carbocycles. The van der Waals surface area contributed by atoms with Crippen LogP contribution in [0.25, 0.3) is 0 Å². The number of nitrogens with one attached hydrogen (secondary N) is 1. The molecule has 0 aromatic carbocycles. The van der Waals surface area contributed by atoms with Crippen LogP contribution in [-0.2, 0) is 0 Å². The van der Waals surface area contributed by atoms with Crippen molar-refractivity contribution in [2.45, 2.75) is 65.3 Å². The van der Waals surface area contributed by atoms with Crippen LogP contribution in [0, 0.1) is 17.8 Å². The molecule has 1 aliphatic heterocycles. The molecule has 3 unspecified atom stereocenters. The molecule has 112 valence electrons. The molecule has 0 aromatic heterocycles. The Kier molecular flexibility index (Phi) is 6.15. The normalized spacial score (nSPS) is 31.7. The topological polar surface area (TPSA) is 15.3 Å². The van der Waals surface area contributed by atoms with Crippen molar-refractivity contribution < 1.29 is 0 Å². The van der Waals surface area contributed by atoms with Crippen LogP contribution < -0.4 is 5.32 Å². The number of likely N-dealkylation sites (tertiary alicyclic amines) is 1. The summed E-state index contributed by atoms with van der Waals surface area (Å²) >= 11 is 0. The summed E-state index contributed by atoms with van der Waals surface area (Å²) in [7, 11) is 0. The van der Waals surface area contributed by atoms with E-state index in [1.165, 1.54) is 64.7 Å². The summed E-state index contributed by atoms with van der Waals surface area (Å²) in [5.41, 5.74) is 0. The third-order valence-corrected chi connectivity index (χ3v) is 5.39. The van der Waals surface area contributed by atoms with E-state index in [9.17, 15) is 0 Å². The van der Waals surface area contributed by atoms with Gasteiger partial charge < -0.3 is 10.2 Å². The standard InChI is InChI=1S/C17H34N2/c1-4-10-18-17(16-8-6-5-7-9-16)13-19-11-14(2)15(3)12-19/h14-18H,4-13H2,1-3H3. The highest BCUT2D eigenvalue weighted by molar-refractivity contribution is 4.86. The lowest BCUT2D eigenvalue weighted by molar-refractivity contribution is 0.200. The first-order chi connectivity index (χ1) is 9.20. The monoisotopic (exact) mass is 266 g/mol. The zero-order chi connectivity index (χ0) is 13.7. The van der Waals surface area contributed by atoms with Crippen LogP contribution in [0.5, 0.6) is 0 Å². The van der Waals surface area contributed by atoms with E-state index < -0.39 is 0 Å². The maximum Gasteiger partial charge on any atom is 0.0223 e. The summed E-state index contributed by atoms with van der Waals surface area (Å²) < 4.78 is 0. The van der Waals surface area contributed by atoms with E-state index in [-0.39, 0.29) is 0 Å². The molecule has 1 heterocycles. The second-order valence-corrected chi connectivity index (χ2v) is 7.13. The quantitative estimate of drug-likeness (QED) is 0.791. The molecule has 0 aromatic rings. The summed E-state index contributed by atoms with van der Waals surface area (Å²) in [5.74, 6) is 2.71. The largest absolute Gasteiger partial charge is 0.312 e. The maximum atomic E-state index is 3.85. The van der Waals surface area contributed by atoms with Gasteiger partial charge in [0.2, 0.25) is 0 Å². The second-order valence-electron chi connectivity index (χ2n) is 7.13. The number of nitrogens with zero attached hydrogens (tertiary/aromatic N) is 1. The fraction of sp³-hybridized carbons (Fsp3) is 1.00. The van der Waals surface area contributed by atoms with Gasteiger partial charge in [0.25, 0.3) is 0 Å². The Morgan fingerprint density at radius 3 is 2.26 bits per heavy atom. The van der Waals surface area contributed by atoms with E-state index in [4.69, 9.17) is 0 Å². The molecular weight excluding hydrogens is 232 g/mol. The van der Waals surface area contributed by atoms with Gasteiger partial charge in [0.05, 0.1) is 0 Å². The predicted molar refractivity (Wildman–Crippen MR) is 83.4 cm³/mol. The van der Waals surface area contributed by atoms with Crippen molar-refractivity contribution in [3.63, 3.8) is 0 Å². The molecule has 1 saturated carbocycles. The first-order valence-electron chi connectivity index (χ1n) is 8.66. The smallest absolute Gasteiger partial charge is 0.0223 e. The average molecular weight is 266 g/mol. The Hall–Kier alpha value is -0.0800. The minimum Gasteiger partial charge on any atom is -0.312 e. The lowest BCUT2D eigenvalue weighted by atomic mass is 9.83. The molecule has 1 saturated heterocycles. The Morgan fingerprint density at radius 2 is 1.68 bits per heavy atom. The van der Waals surface area contributed by atoms with Gasteiger partial charge in [-0.25, -0.2) is 0 Å². The van der Waals surface area contributed by atoms with Gasteiger partial charge >= 0.3 is 0 Å². The second kappa shape index (κ2) is 7.64. The van der Waals surface area contributed by atoms with Gasteiger partial charge in [0.1, 0.15) is 0 Å². The van der Waals surface area contributed by atoms with Gasteiger partial charge in [0.15, 0.2) is 0 Å². The third-order valence-electron chi connectivity index (χ3n) is 5.39. The van der Waals surface area contributed by atoms with Crippen LogP contribution in [0.2, 0.25) is 0 Å². The Balaban J connectivity index is 1.85. The van der Waals surface area contributed by atoms with E-state index in [1.54, 1.807) is 0 Å². The van der Waals surface area contributed by atoms with Crippen molar-refractivity contribution in [1.29, 1.82) is 0 Å². The van der Waals surface area contributed by atoms with Crippen LogP contribution in [0.3, 0.4) is 0 Å². The van der Waals surface area contributed by atoms with Crippen LogP contribution in [0.15, 0.2) is 0 Å². The van der Waals surface area contributed by atoms with Crippen LogP contribution in [0.4, 0.5) is 0 Å². The lowest BCUT2D eigenvalue weighted by Crippen LogP contribution is -2.46. The molecule has 2 aliphatic rings. The van der Waals surface area contributed by atoms with E-state index >= 15 is 0 Å². The molecule has 0 bridgehead atoms. The Morgan fingerprint density at radius 1 is 1.05 bits per heavy atom. The van der Waals surface area contributed by atoms with Crippen LogP contribution >= 0.6 is 0 Å². The van der Waals surface area contributed by atoms with Crippen LogP contribution in [0.1, 0.15) is 59.3 Å². The molecule has 19 heavy (non-hydrogen) atoms. The van der Waals surface area contributed by atoms with E-state index in [0.717, 1.165) is 23.8 Å². The predicted octanol–water partition coefficient (Wildman–Crippen LogP) is 3.52. The van der Waals surface area contributed by atoms with Crippen molar-refractivity contribution in [1.82, 2.24) is 10.2 Å². The number of hydrogen-bond acceptors (Lipinski definition) is 2. The minimum atomic E-state index is 0.748. The Labute approximate surface area is 120 Å². The van der Waals surface area contributed by atoms with Crippen molar-refractivity contribution in [3.8, 4) is 0 Å². The molecule has 3 atom stereocenters. The zero-order valence-corrected chi connectivity index (χ0v) is 13.3. The number of rotatable bonds is 6. The molecule has 0 amide bonds. The van der Waals surface area contributed by atoms with Gasteiger partial charge in [-0.3, -0.25) is 0 Å². The van der Waals surface area contributed by atoms with Gasteiger partial charge in [-0.2, -0.15) is 0 Å². The summed E-state index contributed by atoms with van der Waals surface area (Å²) in [5, 5.41) is 3.85. The van der Waals surface area contributed by atoms with Crippen molar-refractivity contribution >= 4 is 0 Å². The van der Waals surface area contributed by atoms with Crippen LogP contribution in [-0.4, -0.2) is 37.1 Å². The lowest BCUT2D eigenvalue weighted by Gasteiger charge is -2.34. The minimum absolute atomic E-state index is 0.748. The Bertz CT molecular complexity index is 238. The zero-order valence-electron chi connectivity index (χ0n) is 13.3. The summed E-state index contributed by atoms with van der Waals surface area (Å²) in [6.07, 6.45) is 8.56. The number of hydrogen-bond donors (Lipinski definition) is 1. The molecule has 2 fully saturated rings. The molecule has 2 heteroatoms. The first-order valence-corrected chi connectivity index (χ1v) is 8.66. The highest BCUT2D eigenvalue weighted by Crippen LogP contribution is 2.29. The van der Waals surface area contributed by atoms with Gasteiger partial charge in [-0.05, 0) is 43.6 Å². The average Bonchev–Trinajstić information content (AvgIpc) is 2.74. The SMILES string of the molecule is CCCNC(CN1CC(C)C(C)C1)C1CCCCC1. The van der Waals surface area contributed by atoms with Crippen molar-refractivity contribution in [2.75, 3.05) is 26.2 Å². The molecule has 2 nitrogen and oxygen atoms in total. The molecule has 2 rings (SSSR count). The van der Waals surface area contributed by atoms with Gasteiger partial charge in [-0.1, -0.05) is 40.0 Å². The highest BCUT2D eigenvalue weighted by Gasteiger charge is 2.30. The third kappa shape index (κ3) is 4.46. The summed E-state index contributed by atoms with van der Waals surface area (Å²) in [6.45, 7) is 12.2. The maximum absolute atomic E-state index is 3.85. The highest BCUT2D eigenvalue weighted by atomic mass is 15.2. The molecule has 0 spiro atoms. The summed E-state index contributed by atoms with van der Waals surface area (Å²) in [4.78, 5) is 2.72. The van der Waals surface area contributed by atoms with Crippen molar-refractivity contribution in [2.24, 2.45) is 17.8 Å². The van der Waals surface area contributed by atoms with E-state index in [2.05, 4.69) is 31.0 Å². The molecule has 0 radical (unpaired) electrons. The van der Waals surface area contributed by atoms with E-state index in [0.29, 0.717) is 0 Å². The molecular formula is C17H34N2.